The second-order valence-electron chi connectivity index (χ2n) is 10.4. The van der Waals surface area contributed by atoms with Crippen molar-refractivity contribution >= 4 is 23.6 Å². The van der Waals surface area contributed by atoms with Crippen molar-refractivity contribution in [1.29, 1.82) is 0 Å². The van der Waals surface area contributed by atoms with Gasteiger partial charge in [-0.2, -0.15) is 0 Å². The predicted molar refractivity (Wildman–Crippen MR) is 120 cm³/mol. The Balaban J connectivity index is 1.40. The molecule has 7 nitrogen and oxygen atoms in total. The zero-order valence-electron chi connectivity index (χ0n) is 19.1. The number of fused-ring (bicyclic) bond motifs is 2. The summed E-state index contributed by atoms with van der Waals surface area (Å²) in [4.78, 5) is 15.1. The Bertz CT molecular complexity index is 774. The van der Waals surface area contributed by atoms with E-state index in [0.717, 1.165) is 56.3 Å². The molecule has 3 fully saturated rings. The number of nitrogens with one attached hydrogen (secondary N) is 1. The third-order valence-corrected chi connectivity index (χ3v) is 8.97. The topological polar surface area (TPSA) is 72.3 Å². The molecule has 0 radical (unpaired) electrons. The Kier molecular flexibility index (Phi) is 6.10. The highest BCUT2D eigenvalue weighted by Gasteiger charge is 2.61. The number of hydrogen-bond donors (Lipinski definition) is 1. The highest BCUT2D eigenvalue weighted by atomic mass is 32.2. The number of ether oxygens (including phenoxy) is 1. The molecule has 4 rings (SSSR count). The van der Waals surface area contributed by atoms with Crippen LogP contribution in [0.5, 0.6) is 0 Å². The molecule has 30 heavy (non-hydrogen) atoms. The van der Waals surface area contributed by atoms with Crippen molar-refractivity contribution in [3.05, 3.63) is 0 Å². The summed E-state index contributed by atoms with van der Waals surface area (Å²) in [7, 11) is 0. The summed E-state index contributed by atoms with van der Waals surface area (Å²) in [5.41, 5.74) is 0.516. The van der Waals surface area contributed by atoms with Gasteiger partial charge in [-0.15, -0.1) is 10.2 Å². The maximum absolute atomic E-state index is 12.8. The predicted octanol–water partition coefficient (Wildman–Crippen LogP) is 3.19. The molecule has 1 N–H and O–H groups in total. The van der Waals surface area contributed by atoms with Gasteiger partial charge in [-0.25, -0.2) is 0 Å². The van der Waals surface area contributed by atoms with E-state index < -0.39 is 0 Å². The normalized spacial score (nSPS) is 30.3. The van der Waals surface area contributed by atoms with E-state index in [1.807, 2.05) is 0 Å². The van der Waals surface area contributed by atoms with Gasteiger partial charge in [0.15, 0.2) is 5.16 Å². The molecule has 2 heterocycles. The lowest BCUT2D eigenvalue weighted by molar-refractivity contribution is -0.120. The number of morpholine rings is 1. The molecule has 2 saturated carbocycles. The number of thioether (sulfide) groups is 1. The van der Waals surface area contributed by atoms with Crippen LogP contribution < -0.4 is 10.2 Å². The van der Waals surface area contributed by atoms with Crippen LogP contribution in [0.3, 0.4) is 0 Å². The van der Waals surface area contributed by atoms with Gasteiger partial charge in [0.2, 0.25) is 11.9 Å². The van der Waals surface area contributed by atoms with Crippen LogP contribution >= 0.6 is 11.8 Å². The van der Waals surface area contributed by atoms with E-state index in [1.54, 1.807) is 0 Å². The number of anilines is 1. The monoisotopic (exact) mass is 435 g/mol. The summed E-state index contributed by atoms with van der Waals surface area (Å²) in [5, 5.41) is 13.1. The maximum Gasteiger partial charge on any atom is 0.230 e. The molecule has 168 valence electrons. The number of hydrogen-bond acceptors (Lipinski definition) is 6. The molecule has 1 amide bonds. The van der Waals surface area contributed by atoms with Crippen molar-refractivity contribution in [2.24, 2.45) is 22.7 Å². The molecule has 8 heteroatoms. The highest BCUT2D eigenvalue weighted by molar-refractivity contribution is 7.99. The van der Waals surface area contributed by atoms with Crippen LogP contribution in [0.15, 0.2) is 5.16 Å². The summed E-state index contributed by atoms with van der Waals surface area (Å²) in [5.74, 6) is 2.60. The third kappa shape index (κ3) is 3.85. The Morgan fingerprint density at radius 1 is 1.27 bits per heavy atom. The smallest absolute Gasteiger partial charge is 0.230 e. The van der Waals surface area contributed by atoms with E-state index in [0.29, 0.717) is 17.1 Å². The Morgan fingerprint density at radius 2 is 2.00 bits per heavy atom. The van der Waals surface area contributed by atoms with Gasteiger partial charge in [0.25, 0.3) is 0 Å². The fraction of sp³-hybridized carbons (Fsp3) is 0.864. The molecule has 1 aromatic heterocycles. The van der Waals surface area contributed by atoms with Crippen molar-refractivity contribution in [3.8, 4) is 0 Å². The van der Waals surface area contributed by atoms with Crippen molar-refractivity contribution in [2.45, 2.75) is 71.6 Å². The van der Waals surface area contributed by atoms with Crippen LogP contribution in [0.25, 0.3) is 0 Å². The number of rotatable bonds is 7. The molecule has 0 aromatic carbocycles. The van der Waals surface area contributed by atoms with Crippen LogP contribution in [0.1, 0.15) is 53.9 Å². The van der Waals surface area contributed by atoms with Gasteiger partial charge in [-0.3, -0.25) is 9.36 Å². The average molecular weight is 436 g/mol. The second kappa shape index (κ2) is 8.34. The van der Waals surface area contributed by atoms with Crippen LogP contribution in [0.4, 0.5) is 5.95 Å². The Morgan fingerprint density at radius 3 is 2.60 bits per heavy atom. The second-order valence-corrected chi connectivity index (χ2v) is 11.3. The first-order valence-electron chi connectivity index (χ1n) is 11.4. The molecule has 0 spiro atoms. The van der Waals surface area contributed by atoms with Crippen molar-refractivity contribution < 1.29 is 9.53 Å². The lowest BCUT2D eigenvalue weighted by Gasteiger charge is -2.39. The summed E-state index contributed by atoms with van der Waals surface area (Å²) in [6.45, 7) is 15.5. The van der Waals surface area contributed by atoms with Crippen LogP contribution in [0, 0.1) is 22.7 Å². The van der Waals surface area contributed by atoms with Crippen LogP contribution in [-0.4, -0.2) is 58.8 Å². The largest absolute Gasteiger partial charge is 0.378 e. The first-order valence-corrected chi connectivity index (χ1v) is 12.4. The van der Waals surface area contributed by atoms with E-state index in [-0.39, 0.29) is 17.4 Å². The summed E-state index contributed by atoms with van der Waals surface area (Å²) < 4.78 is 7.65. The fourth-order valence-electron chi connectivity index (χ4n) is 5.70. The summed E-state index contributed by atoms with van der Waals surface area (Å²) in [6.07, 6.45) is 3.63. The lowest BCUT2D eigenvalue weighted by Crippen LogP contribution is -2.47. The van der Waals surface area contributed by atoms with Gasteiger partial charge in [0.1, 0.15) is 0 Å². The first kappa shape index (κ1) is 21.9. The van der Waals surface area contributed by atoms with Gasteiger partial charge < -0.3 is 15.0 Å². The minimum absolute atomic E-state index is 0.113. The van der Waals surface area contributed by atoms with Crippen molar-refractivity contribution in [2.75, 3.05) is 37.0 Å². The average Bonchev–Trinajstić information content (AvgIpc) is 3.25. The molecule has 3 aliphatic rings. The molecule has 2 bridgehead atoms. The van der Waals surface area contributed by atoms with Crippen molar-refractivity contribution in [1.82, 2.24) is 20.1 Å². The SMILES string of the molecule is CC(C)Cn1c(SCC(=O)NC2CC3CCC2(C)C3(C)C)nnc1N1CCOCC1. The first-order chi connectivity index (χ1) is 14.2. The number of amides is 1. The van der Waals surface area contributed by atoms with E-state index in [9.17, 15) is 4.79 Å². The zero-order chi connectivity index (χ0) is 21.5. The number of aromatic nitrogens is 3. The van der Waals surface area contributed by atoms with Gasteiger partial charge in [0.05, 0.1) is 19.0 Å². The van der Waals surface area contributed by atoms with Gasteiger partial charge >= 0.3 is 0 Å². The van der Waals surface area contributed by atoms with Crippen molar-refractivity contribution in [3.63, 3.8) is 0 Å². The van der Waals surface area contributed by atoms with Gasteiger partial charge in [0, 0.05) is 25.7 Å². The number of nitrogens with zero attached hydrogens (tertiary/aromatic N) is 4. The summed E-state index contributed by atoms with van der Waals surface area (Å²) in [6, 6.07) is 0.289. The van der Waals surface area contributed by atoms with Gasteiger partial charge in [-0.05, 0) is 41.9 Å². The standard InChI is InChI=1S/C22H37N5O2S/c1-15(2)13-27-19(26-8-10-29-11-9-26)24-25-20(27)30-14-18(28)23-17-12-16-6-7-22(17,5)21(16,3)4/h15-17H,6-14H2,1-5H3,(H,23,28). The molecule has 1 saturated heterocycles. The van der Waals surface area contributed by atoms with E-state index in [1.165, 1.54) is 24.6 Å². The number of carbonyl (C=O) groups excluding carboxylic acids is 1. The quantitative estimate of drug-likeness (QED) is 0.663. The molecule has 1 aliphatic heterocycles. The highest BCUT2D eigenvalue weighted by Crippen LogP contribution is 2.65. The van der Waals surface area contributed by atoms with E-state index >= 15 is 0 Å². The molecular formula is C22H37N5O2S. The zero-order valence-corrected chi connectivity index (χ0v) is 19.9. The van der Waals surface area contributed by atoms with Crippen LogP contribution in [0.2, 0.25) is 0 Å². The maximum atomic E-state index is 12.8. The molecule has 2 aliphatic carbocycles. The van der Waals surface area contributed by atoms with E-state index in [2.05, 4.69) is 59.6 Å². The minimum atomic E-state index is 0.113. The Labute approximate surface area is 184 Å². The number of carbonyl (C=O) groups is 1. The minimum Gasteiger partial charge on any atom is -0.378 e. The van der Waals surface area contributed by atoms with E-state index in [4.69, 9.17) is 4.74 Å². The molecule has 1 aromatic rings. The third-order valence-electron chi connectivity index (χ3n) is 8.00. The fourth-order valence-corrected chi connectivity index (χ4v) is 6.45. The molecule has 3 unspecified atom stereocenters. The molecule has 3 atom stereocenters. The molecular weight excluding hydrogens is 398 g/mol. The lowest BCUT2D eigenvalue weighted by atomic mass is 9.69. The van der Waals surface area contributed by atoms with Gasteiger partial charge in [-0.1, -0.05) is 46.4 Å². The van der Waals surface area contributed by atoms with Crippen LogP contribution in [-0.2, 0) is 16.1 Å². The summed E-state index contributed by atoms with van der Waals surface area (Å²) >= 11 is 1.50. The Hall–Kier alpha value is -1.28.